The monoisotopic (exact) mass is 491 g/mol. The summed E-state index contributed by atoms with van der Waals surface area (Å²) in [4.78, 5) is 41.4. The molecule has 5 rings (SSSR count). The van der Waals surface area contributed by atoms with E-state index in [-0.39, 0.29) is 12.5 Å². The fourth-order valence-electron chi connectivity index (χ4n) is 4.83. The molecule has 2 amide bonds. The molecule has 0 saturated carbocycles. The first-order chi connectivity index (χ1) is 17.5. The SMILES string of the molecule is CCOC(=O)Nc1ccc2c(CN3CC(C(=O)N4CCCCC4)Oc4ccccc43)cc(=O)oc2c1. The van der Waals surface area contributed by atoms with Crippen LogP contribution in [-0.4, -0.2) is 49.2 Å². The summed E-state index contributed by atoms with van der Waals surface area (Å²) in [5.74, 6) is 0.647. The Bertz CT molecular complexity index is 1330. The number of anilines is 2. The number of carbonyl (C=O) groups excluding carboxylic acids is 2. The number of rotatable bonds is 5. The summed E-state index contributed by atoms with van der Waals surface area (Å²) in [7, 11) is 0. The van der Waals surface area contributed by atoms with Gasteiger partial charge in [-0.05, 0) is 56.0 Å². The molecule has 2 aliphatic heterocycles. The van der Waals surface area contributed by atoms with Crippen molar-refractivity contribution < 1.29 is 23.5 Å². The molecule has 1 saturated heterocycles. The van der Waals surface area contributed by atoms with Crippen LogP contribution in [0.4, 0.5) is 16.2 Å². The fourth-order valence-corrected chi connectivity index (χ4v) is 4.83. The van der Waals surface area contributed by atoms with Crippen molar-refractivity contribution in [3.05, 3.63) is 64.5 Å². The van der Waals surface area contributed by atoms with Crippen LogP contribution in [0.1, 0.15) is 31.7 Å². The zero-order valence-corrected chi connectivity index (χ0v) is 20.2. The Hall–Kier alpha value is -4.01. The van der Waals surface area contributed by atoms with E-state index in [1.54, 1.807) is 25.1 Å². The van der Waals surface area contributed by atoms with Crippen LogP contribution in [0, 0.1) is 0 Å². The smallest absolute Gasteiger partial charge is 0.411 e. The minimum Gasteiger partial charge on any atom is -0.477 e. The Morgan fingerprint density at radius 3 is 2.69 bits per heavy atom. The van der Waals surface area contributed by atoms with E-state index in [1.165, 1.54) is 6.07 Å². The predicted octanol–water partition coefficient (Wildman–Crippen LogP) is 4.14. The molecule has 36 heavy (non-hydrogen) atoms. The summed E-state index contributed by atoms with van der Waals surface area (Å²) in [6.07, 6.45) is 1.97. The lowest BCUT2D eigenvalue weighted by atomic mass is 10.1. The highest BCUT2D eigenvalue weighted by molar-refractivity contribution is 5.90. The van der Waals surface area contributed by atoms with Crippen LogP contribution in [0.3, 0.4) is 0 Å². The van der Waals surface area contributed by atoms with Crippen molar-refractivity contribution in [2.45, 2.75) is 38.8 Å². The molecule has 3 heterocycles. The fraction of sp³-hybridized carbons (Fsp3) is 0.370. The van der Waals surface area contributed by atoms with Crippen molar-refractivity contribution >= 4 is 34.3 Å². The number of ether oxygens (including phenoxy) is 2. The maximum atomic E-state index is 13.3. The van der Waals surface area contributed by atoms with Gasteiger partial charge in [-0.15, -0.1) is 0 Å². The number of amides is 2. The van der Waals surface area contributed by atoms with Crippen molar-refractivity contribution in [2.75, 3.05) is 36.5 Å². The largest absolute Gasteiger partial charge is 0.477 e. The first-order valence-electron chi connectivity index (χ1n) is 12.3. The zero-order valence-electron chi connectivity index (χ0n) is 20.2. The van der Waals surface area contributed by atoms with Crippen LogP contribution >= 0.6 is 0 Å². The van der Waals surface area contributed by atoms with Gasteiger partial charge >= 0.3 is 11.7 Å². The third kappa shape index (κ3) is 5.00. The first-order valence-corrected chi connectivity index (χ1v) is 12.3. The molecular weight excluding hydrogens is 462 g/mol. The lowest BCUT2D eigenvalue weighted by Gasteiger charge is -2.38. The van der Waals surface area contributed by atoms with Crippen molar-refractivity contribution in [3.63, 3.8) is 0 Å². The molecule has 9 nitrogen and oxygen atoms in total. The summed E-state index contributed by atoms with van der Waals surface area (Å²) in [5.41, 5.74) is 1.94. The third-order valence-corrected chi connectivity index (χ3v) is 6.52. The Kier molecular flexibility index (Phi) is 6.79. The van der Waals surface area contributed by atoms with Gasteiger partial charge in [-0.25, -0.2) is 9.59 Å². The minimum absolute atomic E-state index is 0.00122. The molecule has 1 aromatic heterocycles. The number of fused-ring (bicyclic) bond motifs is 2. The molecule has 2 aliphatic rings. The average molecular weight is 492 g/mol. The summed E-state index contributed by atoms with van der Waals surface area (Å²) in [5, 5.41) is 3.37. The molecule has 1 N–H and O–H groups in total. The number of nitrogens with one attached hydrogen (secondary N) is 1. The number of likely N-dealkylation sites (tertiary alicyclic amines) is 1. The van der Waals surface area contributed by atoms with Crippen molar-refractivity contribution in [3.8, 4) is 5.75 Å². The van der Waals surface area contributed by atoms with Gasteiger partial charge in [0.2, 0.25) is 0 Å². The number of hydrogen-bond donors (Lipinski definition) is 1. The molecule has 1 unspecified atom stereocenters. The van der Waals surface area contributed by atoms with Gasteiger partial charge in [0.05, 0.1) is 18.8 Å². The van der Waals surface area contributed by atoms with E-state index in [2.05, 4.69) is 10.2 Å². The Morgan fingerprint density at radius 1 is 1.08 bits per heavy atom. The maximum Gasteiger partial charge on any atom is 0.411 e. The molecule has 188 valence electrons. The summed E-state index contributed by atoms with van der Waals surface area (Å²) in [6, 6.07) is 14.2. The van der Waals surface area contributed by atoms with E-state index in [1.807, 2.05) is 29.2 Å². The summed E-state index contributed by atoms with van der Waals surface area (Å²) in [6.45, 7) is 4.24. The van der Waals surface area contributed by atoms with Gasteiger partial charge in [0.15, 0.2) is 6.10 Å². The predicted molar refractivity (Wildman–Crippen MR) is 135 cm³/mol. The first kappa shape index (κ1) is 23.7. The normalized spacial score (nSPS) is 17.3. The van der Waals surface area contributed by atoms with Crippen LogP contribution in [0.15, 0.2) is 57.7 Å². The Balaban J connectivity index is 1.44. The lowest BCUT2D eigenvalue weighted by molar-refractivity contribution is -0.139. The van der Waals surface area contributed by atoms with Gasteiger partial charge in [-0.1, -0.05) is 12.1 Å². The standard InChI is InChI=1S/C27H29N3O6/c1-2-34-27(33)28-19-10-11-20-18(14-25(31)36-23(20)15-19)16-30-17-24(26(32)29-12-6-3-7-13-29)35-22-9-5-4-8-21(22)30/h4-5,8-11,14-15,24H,2-3,6-7,12-13,16-17H2,1H3,(H,28,33). The summed E-state index contributed by atoms with van der Waals surface area (Å²) < 4.78 is 16.5. The maximum absolute atomic E-state index is 13.3. The number of piperidine rings is 1. The van der Waals surface area contributed by atoms with E-state index in [0.29, 0.717) is 30.1 Å². The van der Waals surface area contributed by atoms with E-state index in [0.717, 1.165) is 49.0 Å². The second-order valence-corrected chi connectivity index (χ2v) is 8.99. The Labute approximate surface area is 208 Å². The van der Waals surface area contributed by atoms with Gasteiger partial charge in [-0.2, -0.15) is 0 Å². The average Bonchev–Trinajstić information content (AvgIpc) is 2.88. The van der Waals surface area contributed by atoms with Crippen molar-refractivity contribution in [1.29, 1.82) is 0 Å². The molecule has 0 radical (unpaired) electrons. The van der Waals surface area contributed by atoms with Crippen LogP contribution in [0.25, 0.3) is 11.0 Å². The van der Waals surface area contributed by atoms with Crippen molar-refractivity contribution in [1.82, 2.24) is 4.90 Å². The zero-order chi connectivity index (χ0) is 25.1. The third-order valence-electron chi connectivity index (χ3n) is 6.52. The van der Waals surface area contributed by atoms with E-state index >= 15 is 0 Å². The van der Waals surface area contributed by atoms with Crippen LogP contribution in [0.5, 0.6) is 5.75 Å². The second kappa shape index (κ2) is 10.3. The van der Waals surface area contributed by atoms with Gasteiger partial charge in [0.25, 0.3) is 5.91 Å². The van der Waals surface area contributed by atoms with Gasteiger partial charge in [0.1, 0.15) is 11.3 Å². The molecule has 1 fully saturated rings. The molecule has 0 spiro atoms. The highest BCUT2D eigenvalue weighted by atomic mass is 16.5. The number of para-hydroxylation sites is 2. The van der Waals surface area contributed by atoms with E-state index < -0.39 is 17.8 Å². The number of nitrogens with zero attached hydrogens (tertiary/aromatic N) is 2. The van der Waals surface area contributed by atoms with Crippen LogP contribution < -0.4 is 20.6 Å². The van der Waals surface area contributed by atoms with Gasteiger partial charge in [-0.3, -0.25) is 10.1 Å². The van der Waals surface area contributed by atoms with Gasteiger partial charge < -0.3 is 23.7 Å². The molecule has 3 aromatic rings. The highest BCUT2D eigenvalue weighted by Gasteiger charge is 2.34. The van der Waals surface area contributed by atoms with Crippen LogP contribution in [-0.2, 0) is 16.1 Å². The van der Waals surface area contributed by atoms with Crippen LogP contribution in [0.2, 0.25) is 0 Å². The van der Waals surface area contributed by atoms with E-state index in [4.69, 9.17) is 13.9 Å². The molecule has 2 aromatic carbocycles. The topological polar surface area (TPSA) is 101 Å². The molecule has 1 atom stereocenters. The quantitative estimate of drug-likeness (QED) is 0.535. The summed E-state index contributed by atoms with van der Waals surface area (Å²) >= 11 is 0. The minimum atomic E-state index is -0.621. The number of benzene rings is 2. The molecule has 0 bridgehead atoms. The molecule has 0 aliphatic carbocycles. The van der Waals surface area contributed by atoms with Gasteiger partial charge in [0, 0.05) is 42.8 Å². The second-order valence-electron chi connectivity index (χ2n) is 8.99. The molecular formula is C27H29N3O6. The van der Waals surface area contributed by atoms with Crippen molar-refractivity contribution in [2.24, 2.45) is 0 Å². The highest BCUT2D eigenvalue weighted by Crippen LogP contribution is 2.35. The molecule has 9 heteroatoms. The number of hydrogen-bond acceptors (Lipinski definition) is 7. The Morgan fingerprint density at radius 2 is 1.89 bits per heavy atom. The number of carbonyl (C=O) groups is 2. The lowest BCUT2D eigenvalue weighted by Crippen LogP contribution is -2.51. The van der Waals surface area contributed by atoms with E-state index in [9.17, 15) is 14.4 Å².